The van der Waals surface area contributed by atoms with Crippen molar-refractivity contribution >= 4 is 17.6 Å². The Balaban J connectivity index is 3.06. The van der Waals surface area contributed by atoms with Gasteiger partial charge in [0.1, 0.15) is 5.75 Å². The largest absolute Gasteiger partial charge is 0.497 e. The third-order valence-electron chi connectivity index (χ3n) is 3.11. The molecule has 0 aliphatic carbocycles. The molecule has 20 heavy (non-hydrogen) atoms. The monoisotopic (exact) mass is 280 g/mol. The van der Waals surface area contributed by atoms with Gasteiger partial charge in [0.05, 0.1) is 24.3 Å². The van der Waals surface area contributed by atoms with E-state index in [-0.39, 0.29) is 35.5 Å². The number of carbonyl (C=O) groups is 2. The highest BCUT2D eigenvalue weighted by molar-refractivity contribution is 6.01. The molecule has 0 radical (unpaired) electrons. The first-order valence-electron chi connectivity index (χ1n) is 6.33. The van der Waals surface area contributed by atoms with Crippen molar-refractivity contribution in [1.29, 1.82) is 0 Å². The number of benzene rings is 1. The zero-order chi connectivity index (χ0) is 15.3. The molecule has 1 atom stereocenters. The average Bonchev–Trinajstić information content (AvgIpc) is 2.38. The molecular formula is C14H20N2O4. The van der Waals surface area contributed by atoms with Crippen molar-refractivity contribution in [2.24, 2.45) is 17.6 Å². The molecule has 0 spiro atoms. The smallest absolute Gasteiger partial charge is 0.337 e. The summed E-state index contributed by atoms with van der Waals surface area (Å²) in [6, 6.07) is 4.40. The Morgan fingerprint density at radius 2 is 2.05 bits per heavy atom. The highest BCUT2D eigenvalue weighted by atomic mass is 16.5. The van der Waals surface area contributed by atoms with Gasteiger partial charge in [0.25, 0.3) is 0 Å². The third-order valence-corrected chi connectivity index (χ3v) is 3.11. The van der Waals surface area contributed by atoms with Crippen molar-refractivity contribution in [1.82, 2.24) is 0 Å². The molecule has 0 bridgehead atoms. The number of ether oxygens (including phenoxy) is 1. The predicted molar refractivity (Wildman–Crippen MR) is 76.0 cm³/mol. The second-order valence-corrected chi connectivity index (χ2v) is 4.79. The minimum atomic E-state index is -1.11. The lowest BCUT2D eigenvalue weighted by atomic mass is 9.95. The molecule has 1 aromatic rings. The van der Waals surface area contributed by atoms with Crippen LogP contribution in [0.15, 0.2) is 18.2 Å². The fraction of sp³-hybridized carbons (Fsp3) is 0.429. The zero-order valence-corrected chi connectivity index (χ0v) is 11.8. The molecule has 0 fully saturated rings. The molecule has 1 aromatic carbocycles. The number of anilines is 1. The Morgan fingerprint density at radius 1 is 1.40 bits per heavy atom. The van der Waals surface area contributed by atoms with Crippen molar-refractivity contribution in [2.75, 3.05) is 19.0 Å². The van der Waals surface area contributed by atoms with Gasteiger partial charge >= 0.3 is 5.97 Å². The van der Waals surface area contributed by atoms with Crippen LogP contribution < -0.4 is 15.8 Å². The summed E-state index contributed by atoms with van der Waals surface area (Å²) in [5, 5.41) is 11.7. The van der Waals surface area contributed by atoms with E-state index in [2.05, 4.69) is 5.32 Å². The average molecular weight is 280 g/mol. The van der Waals surface area contributed by atoms with Crippen LogP contribution >= 0.6 is 0 Å². The van der Waals surface area contributed by atoms with Crippen LogP contribution in [0.5, 0.6) is 5.75 Å². The van der Waals surface area contributed by atoms with E-state index in [1.54, 1.807) is 0 Å². The van der Waals surface area contributed by atoms with Gasteiger partial charge < -0.3 is 20.9 Å². The Kier molecular flexibility index (Phi) is 5.52. The molecule has 1 amide bonds. The summed E-state index contributed by atoms with van der Waals surface area (Å²) >= 11 is 0. The summed E-state index contributed by atoms with van der Waals surface area (Å²) in [4.78, 5) is 23.3. The number of carboxylic acid groups (broad SMARTS) is 1. The summed E-state index contributed by atoms with van der Waals surface area (Å²) in [7, 11) is 1.47. The molecule has 0 aromatic heterocycles. The third kappa shape index (κ3) is 3.71. The lowest BCUT2D eigenvalue weighted by molar-refractivity contribution is -0.120. The number of methoxy groups -OCH3 is 1. The van der Waals surface area contributed by atoms with E-state index >= 15 is 0 Å². The van der Waals surface area contributed by atoms with Gasteiger partial charge in [-0.3, -0.25) is 4.79 Å². The number of carboxylic acids is 1. The normalized spacial score (nSPS) is 12.1. The number of hydrogen-bond donors (Lipinski definition) is 3. The van der Waals surface area contributed by atoms with Gasteiger partial charge in [-0.05, 0) is 18.1 Å². The number of carbonyl (C=O) groups excluding carboxylic acids is 1. The van der Waals surface area contributed by atoms with Crippen LogP contribution in [0.2, 0.25) is 0 Å². The Labute approximate surface area is 117 Å². The van der Waals surface area contributed by atoms with Gasteiger partial charge in [-0.1, -0.05) is 13.8 Å². The van der Waals surface area contributed by atoms with Crippen LogP contribution in [0, 0.1) is 11.8 Å². The first-order valence-corrected chi connectivity index (χ1v) is 6.33. The van der Waals surface area contributed by atoms with E-state index in [0.29, 0.717) is 5.75 Å². The van der Waals surface area contributed by atoms with Gasteiger partial charge in [-0.2, -0.15) is 0 Å². The number of nitrogens with one attached hydrogen (secondary N) is 1. The second kappa shape index (κ2) is 6.91. The summed E-state index contributed by atoms with van der Waals surface area (Å²) in [6.45, 7) is 3.98. The van der Waals surface area contributed by atoms with E-state index in [0.717, 1.165) is 0 Å². The van der Waals surface area contributed by atoms with Gasteiger partial charge in [0, 0.05) is 12.6 Å². The second-order valence-electron chi connectivity index (χ2n) is 4.79. The Morgan fingerprint density at radius 3 is 2.50 bits per heavy atom. The van der Waals surface area contributed by atoms with Crippen molar-refractivity contribution in [3.05, 3.63) is 23.8 Å². The van der Waals surface area contributed by atoms with Gasteiger partial charge in [-0.15, -0.1) is 0 Å². The molecule has 6 nitrogen and oxygen atoms in total. The minimum Gasteiger partial charge on any atom is -0.497 e. The topological polar surface area (TPSA) is 102 Å². The van der Waals surface area contributed by atoms with E-state index in [9.17, 15) is 9.59 Å². The van der Waals surface area contributed by atoms with Crippen molar-refractivity contribution < 1.29 is 19.4 Å². The Hall–Kier alpha value is -2.08. The minimum absolute atomic E-state index is 0.0127. The van der Waals surface area contributed by atoms with E-state index in [1.807, 2.05) is 13.8 Å². The molecule has 1 rings (SSSR count). The number of aromatic carboxylic acids is 1. The standard InChI is InChI=1S/C14H20N2O4/c1-8(2)11(7-15)13(17)16-12-6-9(20-3)4-5-10(12)14(18)19/h4-6,8,11H,7,15H2,1-3H3,(H,16,17)(H,18,19). The van der Waals surface area contributed by atoms with Crippen LogP contribution in [0.25, 0.3) is 0 Å². The molecule has 4 N–H and O–H groups in total. The molecule has 0 saturated heterocycles. The fourth-order valence-corrected chi connectivity index (χ4v) is 1.85. The van der Waals surface area contributed by atoms with Gasteiger partial charge in [0.2, 0.25) is 5.91 Å². The lowest BCUT2D eigenvalue weighted by Crippen LogP contribution is -2.33. The lowest BCUT2D eigenvalue weighted by Gasteiger charge is -2.19. The summed E-state index contributed by atoms with van der Waals surface area (Å²) in [5.41, 5.74) is 5.80. The van der Waals surface area contributed by atoms with E-state index < -0.39 is 5.97 Å². The molecule has 0 aliphatic rings. The maximum absolute atomic E-state index is 12.1. The molecule has 110 valence electrons. The van der Waals surface area contributed by atoms with Crippen LogP contribution in [-0.2, 0) is 4.79 Å². The van der Waals surface area contributed by atoms with Crippen molar-refractivity contribution in [3.63, 3.8) is 0 Å². The maximum atomic E-state index is 12.1. The predicted octanol–water partition coefficient (Wildman–Crippen LogP) is 1.56. The van der Waals surface area contributed by atoms with E-state index in [4.69, 9.17) is 15.6 Å². The molecule has 0 aliphatic heterocycles. The highest BCUT2D eigenvalue weighted by Crippen LogP contribution is 2.24. The number of nitrogens with two attached hydrogens (primary N) is 1. The fourth-order valence-electron chi connectivity index (χ4n) is 1.85. The SMILES string of the molecule is COc1ccc(C(=O)O)c(NC(=O)C(CN)C(C)C)c1. The first kappa shape index (κ1) is 16.0. The summed E-state index contributed by atoms with van der Waals surface area (Å²) in [5.74, 6) is -1.24. The number of hydrogen-bond acceptors (Lipinski definition) is 4. The zero-order valence-electron chi connectivity index (χ0n) is 11.8. The van der Waals surface area contributed by atoms with Crippen molar-refractivity contribution in [3.8, 4) is 5.75 Å². The molecule has 0 saturated carbocycles. The van der Waals surface area contributed by atoms with Crippen LogP contribution in [0.4, 0.5) is 5.69 Å². The van der Waals surface area contributed by atoms with Gasteiger partial charge in [-0.25, -0.2) is 4.79 Å². The molecule has 0 heterocycles. The summed E-state index contributed by atoms with van der Waals surface area (Å²) < 4.78 is 5.04. The molecule has 1 unspecified atom stereocenters. The van der Waals surface area contributed by atoms with Crippen LogP contribution in [0.3, 0.4) is 0 Å². The van der Waals surface area contributed by atoms with Gasteiger partial charge in [0.15, 0.2) is 0 Å². The quantitative estimate of drug-likeness (QED) is 0.734. The van der Waals surface area contributed by atoms with Crippen molar-refractivity contribution in [2.45, 2.75) is 13.8 Å². The van der Waals surface area contributed by atoms with Crippen LogP contribution in [-0.4, -0.2) is 30.6 Å². The number of amides is 1. The highest BCUT2D eigenvalue weighted by Gasteiger charge is 2.22. The van der Waals surface area contributed by atoms with E-state index in [1.165, 1.54) is 25.3 Å². The molecular weight excluding hydrogens is 260 g/mol. The Bertz CT molecular complexity index is 500. The first-order chi connectivity index (χ1) is 9.40. The number of rotatable bonds is 6. The summed E-state index contributed by atoms with van der Waals surface area (Å²) in [6.07, 6.45) is 0. The molecule has 6 heteroatoms. The van der Waals surface area contributed by atoms with Crippen LogP contribution in [0.1, 0.15) is 24.2 Å². The maximum Gasteiger partial charge on any atom is 0.337 e.